The lowest BCUT2D eigenvalue weighted by molar-refractivity contribution is 0.108. The monoisotopic (exact) mass is 388 g/mol. The number of hydrogen-bond acceptors (Lipinski definition) is 3. The van der Waals surface area contributed by atoms with Crippen LogP contribution in [0.15, 0.2) is 46.9 Å². The Morgan fingerprint density at radius 3 is 2.83 bits per heavy atom. The first kappa shape index (κ1) is 16.3. The van der Waals surface area contributed by atoms with Gasteiger partial charge < -0.3 is 4.98 Å². The Morgan fingerprint density at radius 2 is 2.09 bits per heavy atom. The number of carbonyl (C=O) groups excluding carboxylic acids is 1. The van der Waals surface area contributed by atoms with Gasteiger partial charge in [-0.25, -0.2) is 4.98 Å². The Kier molecular flexibility index (Phi) is 5.18. The lowest BCUT2D eigenvalue weighted by Gasteiger charge is -2.05. The predicted octanol–water partition coefficient (Wildman–Crippen LogP) is 5.67. The van der Waals surface area contributed by atoms with E-state index in [0.717, 1.165) is 51.1 Å². The van der Waals surface area contributed by atoms with Crippen molar-refractivity contribution < 1.29 is 4.79 Å². The van der Waals surface area contributed by atoms with Crippen LogP contribution in [-0.2, 0) is 0 Å². The van der Waals surface area contributed by atoms with E-state index in [1.54, 1.807) is 0 Å². The molecular formula is C18H17BrN2OS. The van der Waals surface area contributed by atoms with Gasteiger partial charge in [-0.05, 0) is 36.8 Å². The second kappa shape index (κ2) is 7.32. The number of H-pyrrole nitrogens is 1. The van der Waals surface area contributed by atoms with Gasteiger partial charge in [-0.2, -0.15) is 0 Å². The van der Waals surface area contributed by atoms with Crippen LogP contribution < -0.4 is 0 Å². The number of hydrogen-bond donors (Lipinski definition) is 1. The van der Waals surface area contributed by atoms with Gasteiger partial charge in [-0.1, -0.05) is 53.2 Å². The molecule has 3 nitrogen and oxygen atoms in total. The molecule has 0 aliphatic heterocycles. The van der Waals surface area contributed by atoms with Crippen molar-refractivity contribution in [1.29, 1.82) is 0 Å². The molecule has 0 bridgehead atoms. The number of imidazole rings is 1. The summed E-state index contributed by atoms with van der Waals surface area (Å²) < 4.78 is 0.874. The molecule has 0 atom stereocenters. The van der Waals surface area contributed by atoms with Crippen LogP contribution in [0.2, 0.25) is 0 Å². The minimum Gasteiger partial charge on any atom is -0.338 e. The predicted molar refractivity (Wildman–Crippen MR) is 101 cm³/mol. The highest BCUT2D eigenvalue weighted by Gasteiger charge is 2.12. The Labute approximate surface area is 148 Å². The summed E-state index contributed by atoms with van der Waals surface area (Å²) in [5.41, 5.74) is 3.61. The number of nitrogens with one attached hydrogen (secondary N) is 1. The Hall–Kier alpha value is -1.59. The molecular weight excluding hydrogens is 372 g/mol. The first-order valence-electron chi connectivity index (χ1n) is 7.61. The van der Waals surface area contributed by atoms with E-state index in [1.807, 2.05) is 42.5 Å². The molecule has 5 heteroatoms. The number of aromatic nitrogens is 2. The van der Waals surface area contributed by atoms with Gasteiger partial charge in [0.2, 0.25) is 5.12 Å². The molecule has 0 saturated carbocycles. The van der Waals surface area contributed by atoms with Gasteiger partial charge in [-0.15, -0.1) is 0 Å². The third-order valence-electron chi connectivity index (χ3n) is 3.58. The second-order valence-corrected chi connectivity index (χ2v) is 7.21. The van der Waals surface area contributed by atoms with Crippen LogP contribution in [0.25, 0.3) is 22.4 Å². The number of carbonyl (C=O) groups is 1. The maximum absolute atomic E-state index is 12.2. The third kappa shape index (κ3) is 3.67. The van der Waals surface area contributed by atoms with Crippen LogP contribution in [-0.4, -0.2) is 20.8 Å². The number of nitrogens with zero attached hydrogens (tertiary/aromatic N) is 1. The van der Waals surface area contributed by atoms with Gasteiger partial charge in [0.1, 0.15) is 5.82 Å². The number of fused-ring (bicyclic) bond motifs is 1. The van der Waals surface area contributed by atoms with E-state index in [4.69, 9.17) is 0 Å². The summed E-state index contributed by atoms with van der Waals surface area (Å²) in [6.45, 7) is 2.13. The third-order valence-corrected chi connectivity index (χ3v) is 5.23. The molecule has 0 radical (unpaired) electrons. The highest BCUT2D eigenvalue weighted by atomic mass is 79.9. The minimum absolute atomic E-state index is 0.121. The second-order valence-electron chi connectivity index (χ2n) is 5.29. The maximum atomic E-state index is 12.2. The van der Waals surface area contributed by atoms with Crippen LogP contribution in [0.1, 0.15) is 30.1 Å². The van der Waals surface area contributed by atoms with E-state index in [2.05, 4.69) is 32.8 Å². The molecule has 0 aliphatic carbocycles. The summed E-state index contributed by atoms with van der Waals surface area (Å²) in [5, 5.41) is 0.121. The highest BCUT2D eigenvalue weighted by Crippen LogP contribution is 2.30. The molecule has 0 aliphatic rings. The number of benzene rings is 2. The van der Waals surface area contributed by atoms with Gasteiger partial charge in [0.25, 0.3) is 0 Å². The molecule has 0 unspecified atom stereocenters. The van der Waals surface area contributed by atoms with Gasteiger partial charge in [0.05, 0.1) is 11.0 Å². The van der Waals surface area contributed by atoms with E-state index >= 15 is 0 Å². The number of rotatable bonds is 5. The molecule has 23 heavy (non-hydrogen) atoms. The summed E-state index contributed by atoms with van der Waals surface area (Å²) in [6, 6.07) is 13.6. The van der Waals surface area contributed by atoms with Crippen molar-refractivity contribution in [3.8, 4) is 11.4 Å². The summed E-state index contributed by atoms with van der Waals surface area (Å²) in [5.74, 6) is 1.67. The van der Waals surface area contributed by atoms with Crippen molar-refractivity contribution in [2.75, 3.05) is 5.75 Å². The maximum Gasteiger partial charge on any atom is 0.219 e. The molecule has 118 valence electrons. The first-order chi connectivity index (χ1) is 11.2. The number of halogens is 1. The van der Waals surface area contributed by atoms with Crippen molar-refractivity contribution in [2.24, 2.45) is 0 Å². The summed E-state index contributed by atoms with van der Waals surface area (Å²) in [7, 11) is 0. The lowest BCUT2D eigenvalue weighted by Crippen LogP contribution is -1.96. The normalized spacial score (nSPS) is 11.0. The van der Waals surface area contributed by atoms with E-state index in [-0.39, 0.29) is 5.12 Å². The number of para-hydroxylation sites is 2. The topological polar surface area (TPSA) is 45.8 Å². The van der Waals surface area contributed by atoms with Gasteiger partial charge in [0.15, 0.2) is 0 Å². The Bertz CT molecular complexity index is 811. The van der Waals surface area contributed by atoms with E-state index in [1.165, 1.54) is 11.8 Å². The molecule has 3 aromatic rings. The van der Waals surface area contributed by atoms with Gasteiger partial charge in [-0.3, -0.25) is 4.79 Å². The van der Waals surface area contributed by atoms with Crippen LogP contribution in [0.5, 0.6) is 0 Å². The van der Waals surface area contributed by atoms with Gasteiger partial charge in [0, 0.05) is 21.4 Å². The fourth-order valence-corrected chi connectivity index (χ4v) is 3.79. The van der Waals surface area contributed by atoms with Crippen molar-refractivity contribution in [1.82, 2.24) is 9.97 Å². The van der Waals surface area contributed by atoms with Crippen LogP contribution in [0.3, 0.4) is 0 Å². The van der Waals surface area contributed by atoms with Crippen molar-refractivity contribution in [3.63, 3.8) is 0 Å². The fourth-order valence-electron chi connectivity index (χ4n) is 2.31. The Balaban J connectivity index is 1.85. The highest BCUT2D eigenvalue weighted by molar-refractivity contribution is 9.10. The zero-order valence-electron chi connectivity index (χ0n) is 12.8. The minimum atomic E-state index is 0.121. The largest absolute Gasteiger partial charge is 0.338 e. The average molecular weight is 389 g/mol. The molecule has 1 N–H and O–H groups in total. The molecule has 0 amide bonds. The van der Waals surface area contributed by atoms with E-state index in [9.17, 15) is 4.79 Å². The van der Waals surface area contributed by atoms with Crippen LogP contribution in [0, 0.1) is 0 Å². The SMILES string of the molecule is CCCCSC(=O)c1ccc(-c2nc3ccccc3[nH]2)c(Br)c1. The summed E-state index contributed by atoms with van der Waals surface area (Å²) >= 11 is 4.95. The van der Waals surface area contributed by atoms with E-state index in [0.29, 0.717) is 0 Å². The van der Waals surface area contributed by atoms with Crippen molar-refractivity contribution in [2.45, 2.75) is 19.8 Å². The zero-order valence-corrected chi connectivity index (χ0v) is 15.2. The molecule has 1 heterocycles. The standard InChI is InChI=1S/C18H17BrN2OS/c1-2-3-10-23-18(22)12-8-9-13(14(19)11-12)17-20-15-6-4-5-7-16(15)21-17/h4-9,11H,2-3,10H2,1H3,(H,20,21). The molecule has 3 rings (SSSR count). The Morgan fingerprint density at radius 1 is 1.26 bits per heavy atom. The molecule has 1 aromatic heterocycles. The zero-order chi connectivity index (χ0) is 16.2. The smallest absolute Gasteiger partial charge is 0.219 e. The molecule has 0 spiro atoms. The quantitative estimate of drug-likeness (QED) is 0.572. The van der Waals surface area contributed by atoms with Crippen molar-refractivity contribution in [3.05, 3.63) is 52.5 Å². The van der Waals surface area contributed by atoms with Crippen LogP contribution in [0.4, 0.5) is 0 Å². The summed E-state index contributed by atoms with van der Waals surface area (Å²) in [6.07, 6.45) is 2.17. The number of thioether (sulfide) groups is 1. The van der Waals surface area contributed by atoms with Gasteiger partial charge >= 0.3 is 0 Å². The summed E-state index contributed by atoms with van der Waals surface area (Å²) in [4.78, 5) is 20.1. The fraction of sp³-hybridized carbons (Fsp3) is 0.222. The lowest BCUT2D eigenvalue weighted by atomic mass is 10.1. The average Bonchev–Trinajstić information content (AvgIpc) is 2.98. The van der Waals surface area contributed by atoms with Crippen LogP contribution >= 0.6 is 27.7 Å². The van der Waals surface area contributed by atoms with E-state index < -0.39 is 0 Å². The molecule has 0 saturated heterocycles. The molecule has 2 aromatic carbocycles. The van der Waals surface area contributed by atoms with Crippen molar-refractivity contribution >= 4 is 43.8 Å². The molecule has 0 fully saturated rings. The first-order valence-corrected chi connectivity index (χ1v) is 9.38. The number of unbranched alkanes of at least 4 members (excludes halogenated alkanes) is 1. The number of aromatic amines is 1.